The Morgan fingerprint density at radius 3 is 2.93 bits per heavy atom. The van der Waals surface area contributed by atoms with Crippen LogP contribution in [0.1, 0.15) is 5.82 Å². The molecular weight excluding hydrogens is 195 g/mol. The number of hydrogen-bond acceptors (Lipinski definition) is 3. The Morgan fingerprint density at radius 1 is 1.40 bits per heavy atom. The molecule has 4 nitrogen and oxygen atoms in total. The molecule has 0 atom stereocenters. The molecule has 0 aliphatic heterocycles. The quantitative estimate of drug-likeness (QED) is 0.796. The molecule has 0 saturated heterocycles. The van der Waals surface area contributed by atoms with Crippen LogP contribution in [0.2, 0.25) is 0 Å². The molecule has 0 bridgehead atoms. The van der Waals surface area contributed by atoms with Crippen molar-refractivity contribution in [3.63, 3.8) is 0 Å². The summed E-state index contributed by atoms with van der Waals surface area (Å²) in [7, 11) is 1.81. The van der Waals surface area contributed by atoms with Crippen molar-refractivity contribution in [2.24, 2.45) is 0 Å². The van der Waals surface area contributed by atoms with Crippen LogP contribution in [0.5, 0.6) is 0 Å². The van der Waals surface area contributed by atoms with E-state index in [0.717, 1.165) is 0 Å². The van der Waals surface area contributed by atoms with Crippen LogP contribution >= 0.6 is 0 Å². The zero-order chi connectivity index (χ0) is 10.7. The van der Waals surface area contributed by atoms with Crippen molar-refractivity contribution in [1.29, 1.82) is 0 Å². The Morgan fingerprint density at radius 2 is 2.20 bits per heavy atom. The van der Waals surface area contributed by atoms with Gasteiger partial charge >= 0.3 is 0 Å². The molecule has 1 aromatic carbocycles. The second-order valence-corrected chi connectivity index (χ2v) is 3.12. The van der Waals surface area contributed by atoms with Crippen molar-refractivity contribution in [2.75, 3.05) is 7.05 Å². The molecular formula is C10H11FN4. The van der Waals surface area contributed by atoms with E-state index in [9.17, 15) is 4.39 Å². The van der Waals surface area contributed by atoms with Crippen LogP contribution in [-0.2, 0) is 6.54 Å². The topological polar surface area (TPSA) is 53.6 Å². The van der Waals surface area contributed by atoms with Gasteiger partial charge in [-0.25, -0.2) is 9.37 Å². The fourth-order valence-corrected chi connectivity index (χ4v) is 1.30. The highest BCUT2D eigenvalue weighted by atomic mass is 19.1. The van der Waals surface area contributed by atoms with Gasteiger partial charge in [0.2, 0.25) is 0 Å². The van der Waals surface area contributed by atoms with Crippen LogP contribution in [0.3, 0.4) is 0 Å². The summed E-state index contributed by atoms with van der Waals surface area (Å²) in [5, 5.41) is 9.63. The smallest absolute Gasteiger partial charge is 0.184 e. The second-order valence-electron chi connectivity index (χ2n) is 3.12. The standard InChI is InChI=1S/C10H11FN4/c1-12-6-9-13-10(15-14-9)7-4-2-3-5-8(7)11/h2-5,12H,6H2,1H3,(H,13,14,15). The molecule has 2 rings (SSSR count). The van der Waals surface area contributed by atoms with Gasteiger partial charge in [0.25, 0.3) is 0 Å². The largest absolute Gasteiger partial charge is 0.313 e. The monoisotopic (exact) mass is 206 g/mol. The maximum Gasteiger partial charge on any atom is 0.184 e. The normalized spacial score (nSPS) is 10.5. The van der Waals surface area contributed by atoms with Crippen molar-refractivity contribution in [3.05, 3.63) is 35.9 Å². The van der Waals surface area contributed by atoms with Crippen LogP contribution < -0.4 is 5.32 Å². The molecule has 0 radical (unpaired) electrons. The van der Waals surface area contributed by atoms with Gasteiger partial charge in [-0.05, 0) is 19.2 Å². The zero-order valence-electron chi connectivity index (χ0n) is 8.29. The van der Waals surface area contributed by atoms with E-state index in [0.29, 0.717) is 23.8 Å². The van der Waals surface area contributed by atoms with Gasteiger partial charge in [-0.1, -0.05) is 12.1 Å². The fourth-order valence-electron chi connectivity index (χ4n) is 1.30. The number of benzene rings is 1. The summed E-state index contributed by atoms with van der Waals surface area (Å²) in [6.07, 6.45) is 0. The van der Waals surface area contributed by atoms with E-state index >= 15 is 0 Å². The fraction of sp³-hybridized carbons (Fsp3) is 0.200. The predicted molar refractivity (Wildman–Crippen MR) is 54.5 cm³/mol. The molecule has 2 aromatic rings. The number of aromatic amines is 1. The maximum atomic E-state index is 13.4. The summed E-state index contributed by atoms with van der Waals surface area (Å²) in [6, 6.07) is 6.44. The van der Waals surface area contributed by atoms with Crippen molar-refractivity contribution in [3.8, 4) is 11.4 Å². The Bertz CT molecular complexity index is 452. The van der Waals surface area contributed by atoms with Crippen molar-refractivity contribution in [2.45, 2.75) is 6.54 Å². The van der Waals surface area contributed by atoms with Gasteiger partial charge in [0.15, 0.2) is 5.82 Å². The third kappa shape index (κ3) is 2.02. The molecule has 2 N–H and O–H groups in total. The highest BCUT2D eigenvalue weighted by Crippen LogP contribution is 2.17. The summed E-state index contributed by atoms with van der Waals surface area (Å²) in [4.78, 5) is 4.16. The average Bonchev–Trinajstić information content (AvgIpc) is 2.68. The number of hydrogen-bond donors (Lipinski definition) is 2. The zero-order valence-corrected chi connectivity index (χ0v) is 8.29. The van der Waals surface area contributed by atoms with Crippen LogP contribution in [0, 0.1) is 5.82 Å². The lowest BCUT2D eigenvalue weighted by Crippen LogP contribution is -2.06. The van der Waals surface area contributed by atoms with Gasteiger partial charge in [0.05, 0.1) is 12.1 Å². The van der Waals surface area contributed by atoms with E-state index in [1.807, 2.05) is 7.05 Å². The van der Waals surface area contributed by atoms with Gasteiger partial charge in [0, 0.05) is 0 Å². The Hall–Kier alpha value is -1.75. The van der Waals surface area contributed by atoms with Crippen LogP contribution in [0.4, 0.5) is 4.39 Å². The van der Waals surface area contributed by atoms with Gasteiger partial charge in [0.1, 0.15) is 11.6 Å². The first-order chi connectivity index (χ1) is 7.31. The molecule has 78 valence electrons. The summed E-state index contributed by atoms with van der Waals surface area (Å²) >= 11 is 0. The van der Waals surface area contributed by atoms with Crippen molar-refractivity contribution < 1.29 is 4.39 Å². The number of rotatable bonds is 3. The summed E-state index contributed by atoms with van der Waals surface area (Å²) in [5.41, 5.74) is 0.413. The van der Waals surface area contributed by atoms with E-state index in [-0.39, 0.29) is 5.82 Å². The molecule has 5 heteroatoms. The molecule has 15 heavy (non-hydrogen) atoms. The minimum absolute atomic E-state index is 0.312. The molecule has 0 amide bonds. The highest BCUT2D eigenvalue weighted by Gasteiger charge is 2.09. The molecule has 0 aliphatic rings. The summed E-state index contributed by atoms with van der Waals surface area (Å²) in [6.45, 7) is 0.585. The van der Waals surface area contributed by atoms with Gasteiger partial charge < -0.3 is 5.32 Å². The lowest BCUT2D eigenvalue weighted by Gasteiger charge is -1.95. The lowest BCUT2D eigenvalue weighted by molar-refractivity contribution is 0.630. The Balaban J connectivity index is 2.33. The first kappa shape index (κ1) is 9.79. The number of halogens is 1. The maximum absolute atomic E-state index is 13.4. The molecule has 0 spiro atoms. The third-order valence-electron chi connectivity index (χ3n) is 1.99. The minimum atomic E-state index is -0.312. The minimum Gasteiger partial charge on any atom is -0.313 e. The van der Waals surface area contributed by atoms with E-state index in [1.165, 1.54) is 6.07 Å². The Kier molecular flexibility index (Phi) is 2.73. The van der Waals surface area contributed by atoms with Crippen LogP contribution in [-0.4, -0.2) is 22.2 Å². The van der Waals surface area contributed by atoms with E-state index in [4.69, 9.17) is 0 Å². The van der Waals surface area contributed by atoms with Gasteiger partial charge in [-0.2, -0.15) is 5.10 Å². The van der Waals surface area contributed by atoms with E-state index in [2.05, 4.69) is 20.5 Å². The summed E-state index contributed by atoms with van der Waals surface area (Å²) < 4.78 is 13.4. The number of H-pyrrole nitrogens is 1. The predicted octanol–water partition coefficient (Wildman–Crippen LogP) is 1.33. The van der Waals surface area contributed by atoms with Crippen molar-refractivity contribution in [1.82, 2.24) is 20.5 Å². The molecule has 0 aliphatic carbocycles. The summed E-state index contributed by atoms with van der Waals surface area (Å²) in [5.74, 6) is 0.765. The van der Waals surface area contributed by atoms with Gasteiger partial charge in [-0.3, -0.25) is 5.10 Å². The molecule has 0 unspecified atom stereocenters. The SMILES string of the molecule is CNCc1nc(-c2ccccc2F)n[nH]1. The molecule has 0 saturated carbocycles. The molecule has 0 fully saturated rings. The number of nitrogens with one attached hydrogen (secondary N) is 2. The van der Waals surface area contributed by atoms with Gasteiger partial charge in [-0.15, -0.1) is 0 Å². The third-order valence-corrected chi connectivity index (χ3v) is 1.99. The molecule has 1 heterocycles. The van der Waals surface area contributed by atoms with Crippen molar-refractivity contribution >= 4 is 0 Å². The van der Waals surface area contributed by atoms with E-state index in [1.54, 1.807) is 18.2 Å². The first-order valence-electron chi connectivity index (χ1n) is 4.62. The Labute approximate surface area is 86.6 Å². The number of aromatic nitrogens is 3. The second kappa shape index (κ2) is 4.18. The highest BCUT2D eigenvalue weighted by molar-refractivity contribution is 5.55. The molecule has 1 aromatic heterocycles. The van der Waals surface area contributed by atoms with Crippen LogP contribution in [0.15, 0.2) is 24.3 Å². The lowest BCUT2D eigenvalue weighted by atomic mass is 10.2. The number of nitrogens with zero attached hydrogens (tertiary/aromatic N) is 2. The first-order valence-corrected chi connectivity index (χ1v) is 4.62. The van der Waals surface area contributed by atoms with Crippen LogP contribution in [0.25, 0.3) is 11.4 Å². The van der Waals surface area contributed by atoms with E-state index < -0.39 is 0 Å². The average molecular weight is 206 g/mol.